The van der Waals surface area contributed by atoms with Crippen molar-refractivity contribution in [1.29, 1.82) is 0 Å². The topological polar surface area (TPSA) is 52.1 Å². The molecule has 0 saturated heterocycles. The Morgan fingerprint density at radius 2 is 1.28 bits per heavy atom. The van der Waals surface area contributed by atoms with E-state index in [0.29, 0.717) is 0 Å². The molecule has 2 rings (SSSR count). The molecule has 2 aromatic rings. The Hall–Kier alpha value is -2.23. The highest BCUT2D eigenvalue weighted by atomic mass is 16.5. The molecule has 0 radical (unpaired) electrons. The standard InChI is InChI=1S/C28H42N2O2/c1-4-7-9-11-12-14-16-24-21-29-27(30-22-24)28(31)32-26(6-3)25-19-17-23(18-20-25)15-13-10-8-5-2/h17-22,26H,4-16H2,1-3H3. The largest absolute Gasteiger partial charge is 0.452 e. The van der Waals surface area contributed by atoms with E-state index in [1.807, 2.05) is 6.92 Å². The number of esters is 1. The van der Waals surface area contributed by atoms with Gasteiger partial charge in [-0.2, -0.15) is 0 Å². The zero-order valence-corrected chi connectivity index (χ0v) is 20.4. The lowest BCUT2D eigenvalue weighted by atomic mass is 10.0. The normalized spacial score (nSPS) is 12.0. The van der Waals surface area contributed by atoms with Gasteiger partial charge in [0.2, 0.25) is 5.82 Å². The van der Waals surface area contributed by atoms with Crippen LogP contribution in [0.25, 0.3) is 0 Å². The van der Waals surface area contributed by atoms with Gasteiger partial charge in [0.25, 0.3) is 0 Å². The number of carbonyl (C=O) groups excluding carboxylic acids is 1. The van der Waals surface area contributed by atoms with Gasteiger partial charge in [0.1, 0.15) is 6.10 Å². The van der Waals surface area contributed by atoms with Crippen molar-refractivity contribution < 1.29 is 9.53 Å². The molecule has 0 aliphatic rings. The van der Waals surface area contributed by atoms with Gasteiger partial charge >= 0.3 is 5.97 Å². The van der Waals surface area contributed by atoms with E-state index in [0.717, 1.165) is 36.8 Å². The quantitative estimate of drug-likeness (QED) is 0.198. The van der Waals surface area contributed by atoms with E-state index < -0.39 is 5.97 Å². The fourth-order valence-corrected chi connectivity index (χ4v) is 3.92. The lowest BCUT2D eigenvalue weighted by molar-refractivity contribution is 0.0273. The fourth-order valence-electron chi connectivity index (χ4n) is 3.92. The Labute approximate surface area is 195 Å². The first-order valence-electron chi connectivity index (χ1n) is 12.8. The molecule has 1 heterocycles. The molecule has 0 aliphatic heterocycles. The number of benzene rings is 1. The molecule has 0 amide bonds. The molecule has 1 aromatic carbocycles. The number of unbranched alkanes of at least 4 members (excludes halogenated alkanes) is 8. The lowest BCUT2D eigenvalue weighted by Gasteiger charge is -2.16. The highest BCUT2D eigenvalue weighted by Gasteiger charge is 2.18. The minimum atomic E-state index is -0.452. The van der Waals surface area contributed by atoms with Crippen molar-refractivity contribution in [2.75, 3.05) is 0 Å². The van der Waals surface area contributed by atoms with Crippen LogP contribution in [0.4, 0.5) is 0 Å². The number of hydrogen-bond donors (Lipinski definition) is 0. The molecule has 0 fully saturated rings. The molecule has 1 atom stereocenters. The first-order chi connectivity index (χ1) is 15.7. The molecule has 4 heteroatoms. The second-order valence-electron chi connectivity index (χ2n) is 8.79. The van der Waals surface area contributed by atoms with Crippen LogP contribution in [0.2, 0.25) is 0 Å². The van der Waals surface area contributed by atoms with Crippen molar-refractivity contribution in [2.24, 2.45) is 0 Å². The number of rotatable bonds is 16. The third-order valence-corrected chi connectivity index (χ3v) is 6.00. The molecule has 0 aliphatic carbocycles. The Balaban J connectivity index is 1.82. The number of aromatic nitrogens is 2. The molecule has 0 bridgehead atoms. The summed E-state index contributed by atoms with van der Waals surface area (Å²) in [7, 11) is 0. The summed E-state index contributed by atoms with van der Waals surface area (Å²) in [4.78, 5) is 21.1. The van der Waals surface area contributed by atoms with Crippen molar-refractivity contribution >= 4 is 5.97 Å². The van der Waals surface area contributed by atoms with Gasteiger partial charge in [-0.05, 0) is 48.8 Å². The number of hydrogen-bond acceptors (Lipinski definition) is 4. The van der Waals surface area contributed by atoms with E-state index in [1.165, 1.54) is 63.4 Å². The summed E-state index contributed by atoms with van der Waals surface area (Å²) in [5.41, 5.74) is 3.45. The fraction of sp³-hybridized carbons (Fsp3) is 0.607. The predicted octanol–water partition coefficient (Wildman–Crippen LogP) is 7.81. The van der Waals surface area contributed by atoms with Gasteiger partial charge in [0.15, 0.2) is 0 Å². The molecular weight excluding hydrogens is 396 g/mol. The summed E-state index contributed by atoms with van der Waals surface area (Å²) in [6.45, 7) is 6.50. The lowest BCUT2D eigenvalue weighted by Crippen LogP contribution is -2.14. The molecular formula is C28H42N2O2. The van der Waals surface area contributed by atoms with Crippen LogP contribution >= 0.6 is 0 Å². The molecule has 1 unspecified atom stereocenters. The van der Waals surface area contributed by atoms with Crippen molar-refractivity contribution in [3.63, 3.8) is 0 Å². The first-order valence-corrected chi connectivity index (χ1v) is 12.8. The average molecular weight is 439 g/mol. The van der Waals surface area contributed by atoms with E-state index in [-0.39, 0.29) is 11.9 Å². The van der Waals surface area contributed by atoms with Gasteiger partial charge in [0.05, 0.1) is 0 Å². The second kappa shape index (κ2) is 15.6. The van der Waals surface area contributed by atoms with Crippen molar-refractivity contribution in [2.45, 2.75) is 110 Å². The van der Waals surface area contributed by atoms with Gasteiger partial charge < -0.3 is 4.74 Å². The van der Waals surface area contributed by atoms with Crippen LogP contribution < -0.4 is 0 Å². The van der Waals surface area contributed by atoms with Crippen LogP contribution in [-0.4, -0.2) is 15.9 Å². The van der Waals surface area contributed by atoms with Crippen LogP contribution in [0.3, 0.4) is 0 Å². The van der Waals surface area contributed by atoms with E-state index in [9.17, 15) is 4.79 Å². The van der Waals surface area contributed by atoms with Gasteiger partial charge in [-0.1, -0.05) is 96.4 Å². The molecule has 0 saturated carbocycles. The third kappa shape index (κ3) is 9.50. The SMILES string of the molecule is CCCCCCCCc1cnc(C(=O)OC(CC)c2ccc(CCCCCC)cc2)nc1. The monoisotopic (exact) mass is 438 g/mol. The molecule has 4 nitrogen and oxygen atoms in total. The Kier molecular flexibility index (Phi) is 12.6. The molecule has 0 spiro atoms. The van der Waals surface area contributed by atoms with Crippen LogP contribution in [-0.2, 0) is 17.6 Å². The van der Waals surface area contributed by atoms with E-state index in [4.69, 9.17) is 4.74 Å². The maximum atomic E-state index is 12.6. The van der Waals surface area contributed by atoms with Crippen LogP contribution in [0.5, 0.6) is 0 Å². The van der Waals surface area contributed by atoms with Gasteiger partial charge in [-0.15, -0.1) is 0 Å². The summed E-state index contributed by atoms with van der Waals surface area (Å²) >= 11 is 0. The zero-order chi connectivity index (χ0) is 23.0. The van der Waals surface area contributed by atoms with Crippen molar-refractivity contribution in [1.82, 2.24) is 9.97 Å². The zero-order valence-electron chi connectivity index (χ0n) is 20.4. The summed E-state index contributed by atoms with van der Waals surface area (Å²) in [6, 6.07) is 8.48. The molecule has 176 valence electrons. The second-order valence-corrected chi connectivity index (χ2v) is 8.79. The van der Waals surface area contributed by atoms with E-state index in [2.05, 4.69) is 48.1 Å². The number of carbonyl (C=O) groups is 1. The number of nitrogens with zero attached hydrogens (tertiary/aromatic N) is 2. The van der Waals surface area contributed by atoms with Gasteiger partial charge in [0, 0.05) is 12.4 Å². The predicted molar refractivity (Wildman–Crippen MR) is 132 cm³/mol. The smallest absolute Gasteiger partial charge is 0.376 e. The Morgan fingerprint density at radius 1 is 0.750 bits per heavy atom. The summed E-state index contributed by atoms with van der Waals surface area (Å²) in [6.07, 6.45) is 18.7. The van der Waals surface area contributed by atoms with E-state index >= 15 is 0 Å². The molecule has 0 N–H and O–H groups in total. The summed E-state index contributed by atoms with van der Waals surface area (Å²) in [5, 5.41) is 0. The van der Waals surface area contributed by atoms with Crippen molar-refractivity contribution in [3.8, 4) is 0 Å². The van der Waals surface area contributed by atoms with Crippen LogP contribution in [0, 0.1) is 0 Å². The minimum Gasteiger partial charge on any atom is -0.452 e. The van der Waals surface area contributed by atoms with Crippen molar-refractivity contribution in [3.05, 3.63) is 59.2 Å². The highest BCUT2D eigenvalue weighted by molar-refractivity contribution is 5.85. The first kappa shape index (κ1) is 26.0. The maximum absolute atomic E-state index is 12.6. The number of aryl methyl sites for hydroxylation is 2. The van der Waals surface area contributed by atoms with Crippen LogP contribution in [0.15, 0.2) is 36.7 Å². The Morgan fingerprint density at radius 3 is 1.88 bits per heavy atom. The summed E-state index contributed by atoms with van der Waals surface area (Å²) < 4.78 is 5.74. The highest BCUT2D eigenvalue weighted by Crippen LogP contribution is 2.23. The van der Waals surface area contributed by atoms with Crippen LogP contribution in [0.1, 0.15) is 125 Å². The third-order valence-electron chi connectivity index (χ3n) is 6.00. The maximum Gasteiger partial charge on any atom is 0.376 e. The van der Waals surface area contributed by atoms with Gasteiger partial charge in [-0.3, -0.25) is 0 Å². The average Bonchev–Trinajstić information content (AvgIpc) is 2.83. The number of ether oxygens (including phenoxy) is 1. The molecule has 1 aromatic heterocycles. The Bertz CT molecular complexity index is 756. The minimum absolute atomic E-state index is 0.141. The van der Waals surface area contributed by atoms with Gasteiger partial charge in [-0.25, -0.2) is 14.8 Å². The summed E-state index contributed by atoms with van der Waals surface area (Å²) in [5.74, 6) is -0.311. The van der Waals surface area contributed by atoms with E-state index in [1.54, 1.807) is 12.4 Å². The molecule has 32 heavy (non-hydrogen) atoms.